The molecule has 0 radical (unpaired) electrons. The summed E-state index contributed by atoms with van der Waals surface area (Å²) in [6.45, 7) is 3.97. The lowest BCUT2D eigenvalue weighted by molar-refractivity contribution is -0.118. The zero-order valence-electron chi connectivity index (χ0n) is 16.1. The number of nitrogens with one attached hydrogen (secondary N) is 1. The van der Waals surface area contributed by atoms with E-state index in [4.69, 9.17) is 4.42 Å². The molecule has 4 aromatic rings. The van der Waals surface area contributed by atoms with Crippen molar-refractivity contribution >= 4 is 34.3 Å². The van der Waals surface area contributed by atoms with Crippen LogP contribution in [0.5, 0.6) is 0 Å². The second-order valence-corrected chi connectivity index (χ2v) is 8.56. The van der Waals surface area contributed by atoms with E-state index in [-0.39, 0.29) is 17.2 Å². The molecular formula is C22H20N4O2S. The average Bonchev–Trinajstić information content (AvgIpc) is 3.43. The Morgan fingerprint density at radius 1 is 1.21 bits per heavy atom. The fourth-order valence-electron chi connectivity index (χ4n) is 3.91. The number of aromatic amines is 1. The first-order valence-electron chi connectivity index (χ1n) is 9.59. The van der Waals surface area contributed by atoms with E-state index in [0.717, 1.165) is 28.6 Å². The fraction of sp³-hybridized carbons (Fsp3) is 0.227. The monoisotopic (exact) mass is 404 g/mol. The maximum atomic E-state index is 13.1. The number of amides is 1. The number of aromatic nitrogens is 3. The number of thioether (sulfide) groups is 1. The Morgan fingerprint density at radius 2 is 2.00 bits per heavy atom. The molecule has 6 nitrogen and oxygen atoms in total. The van der Waals surface area contributed by atoms with Gasteiger partial charge in [0.05, 0.1) is 10.8 Å². The van der Waals surface area contributed by atoms with Crippen molar-refractivity contribution < 1.29 is 9.21 Å². The molecule has 0 saturated heterocycles. The minimum absolute atomic E-state index is 0.0549. The number of anilines is 1. The Balaban J connectivity index is 1.35. The molecule has 0 spiro atoms. The first-order valence-corrected chi connectivity index (χ1v) is 10.5. The number of H-pyrrole nitrogens is 1. The van der Waals surface area contributed by atoms with Gasteiger partial charge in [0.2, 0.25) is 5.91 Å². The summed E-state index contributed by atoms with van der Waals surface area (Å²) >= 11 is 1.30. The number of hydrogen-bond acceptors (Lipinski definition) is 5. The summed E-state index contributed by atoms with van der Waals surface area (Å²) in [7, 11) is 0. The molecule has 0 bridgehead atoms. The van der Waals surface area contributed by atoms with Gasteiger partial charge in [-0.25, -0.2) is 0 Å². The average molecular weight is 404 g/mol. The molecule has 1 N–H and O–H groups in total. The minimum Gasteiger partial charge on any atom is -0.411 e. The number of nitrogens with zero attached hydrogens (tertiary/aromatic N) is 3. The molecule has 0 aliphatic carbocycles. The van der Waals surface area contributed by atoms with Gasteiger partial charge in [-0.1, -0.05) is 48.2 Å². The van der Waals surface area contributed by atoms with E-state index in [1.807, 2.05) is 60.5 Å². The highest BCUT2D eigenvalue weighted by Crippen LogP contribution is 2.35. The van der Waals surface area contributed by atoms with Gasteiger partial charge in [0.1, 0.15) is 0 Å². The third kappa shape index (κ3) is 3.11. The number of rotatable bonds is 4. The van der Waals surface area contributed by atoms with Crippen LogP contribution in [0.3, 0.4) is 0 Å². The van der Waals surface area contributed by atoms with Crippen LogP contribution in [0.15, 0.2) is 64.4 Å². The number of carbonyl (C=O) groups excluding carboxylic acids is 1. The van der Waals surface area contributed by atoms with Gasteiger partial charge in [0.15, 0.2) is 0 Å². The molecule has 1 amide bonds. The standard InChI is InChI=1S/C22H20N4O2S/c1-13-11-15-7-3-6-10-19(15)26(13)21(27)14(2)29-22-25-24-20(28-22)17-12-23-18-9-5-4-8-16(17)18/h3-10,12-14,23H,11H2,1-2H3/t13-,14-/m0/s1. The summed E-state index contributed by atoms with van der Waals surface area (Å²) in [6.07, 6.45) is 2.74. The topological polar surface area (TPSA) is 75.0 Å². The van der Waals surface area contributed by atoms with E-state index in [0.29, 0.717) is 11.1 Å². The van der Waals surface area contributed by atoms with Gasteiger partial charge in [-0.3, -0.25) is 4.79 Å². The van der Waals surface area contributed by atoms with Crippen LogP contribution in [0.25, 0.3) is 22.4 Å². The highest BCUT2D eigenvalue weighted by atomic mass is 32.2. The van der Waals surface area contributed by atoms with E-state index in [1.54, 1.807) is 0 Å². The maximum Gasteiger partial charge on any atom is 0.277 e. The molecule has 2 aromatic carbocycles. The molecule has 7 heteroatoms. The van der Waals surface area contributed by atoms with Crippen LogP contribution in [0.4, 0.5) is 5.69 Å². The number of hydrogen-bond donors (Lipinski definition) is 1. The van der Waals surface area contributed by atoms with Gasteiger partial charge in [-0.15, -0.1) is 10.2 Å². The Hall–Kier alpha value is -3.06. The minimum atomic E-state index is -0.333. The third-order valence-corrected chi connectivity index (χ3v) is 6.22. The molecule has 146 valence electrons. The summed E-state index contributed by atoms with van der Waals surface area (Å²) in [5.74, 6) is 0.503. The SMILES string of the molecule is C[C@H](Sc1nnc(-c2c[nH]c3ccccc23)o1)C(=O)N1c2ccccc2C[C@@H]1C. The van der Waals surface area contributed by atoms with E-state index in [2.05, 4.69) is 28.2 Å². The second kappa shape index (κ2) is 7.08. The van der Waals surface area contributed by atoms with Crippen molar-refractivity contribution in [1.82, 2.24) is 15.2 Å². The largest absolute Gasteiger partial charge is 0.411 e. The molecule has 5 rings (SSSR count). The maximum absolute atomic E-state index is 13.1. The van der Waals surface area contributed by atoms with Crippen molar-refractivity contribution in [3.05, 3.63) is 60.3 Å². The van der Waals surface area contributed by atoms with Gasteiger partial charge in [-0.2, -0.15) is 0 Å². The molecule has 1 aliphatic heterocycles. The first-order chi connectivity index (χ1) is 14.1. The van der Waals surface area contributed by atoms with Crippen LogP contribution < -0.4 is 4.90 Å². The normalized spacial score (nSPS) is 16.9. The van der Waals surface area contributed by atoms with Crippen molar-refractivity contribution in [3.63, 3.8) is 0 Å². The molecular weight excluding hydrogens is 384 g/mol. The Bertz CT molecular complexity index is 1200. The molecule has 0 saturated carbocycles. The summed E-state index contributed by atoms with van der Waals surface area (Å²) in [5.41, 5.74) is 4.09. The highest BCUT2D eigenvalue weighted by Gasteiger charge is 2.34. The first kappa shape index (κ1) is 18.0. The second-order valence-electron chi connectivity index (χ2n) is 7.27. The van der Waals surface area contributed by atoms with E-state index in [1.165, 1.54) is 17.3 Å². The predicted molar refractivity (Wildman–Crippen MR) is 114 cm³/mol. The lowest BCUT2D eigenvalue weighted by Crippen LogP contribution is -2.40. The smallest absolute Gasteiger partial charge is 0.277 e. The van der Waals surface area contributed by atoms with Crippen LogP contribution in [-0.4, -0.2) is 32.4 Å². The van der Waals surface area contributed by atoms with Crippen LogP contribution in [0.1, 0.15) is 19.4 Å². The number of benzene rings is 2. The zero-order chi connectivity index (χ0) is 20.0. The Morgan fingerprint density at radius 3 is 2.90 bits per heavy atom. The Labute approximate surface area is 172 Å². The summed E-state index contributed by atoms with van der Waals surface area (Å²) in [4.78, 5) is 18.2. The molecule has 3 heterocycles. The van der Waals surface area contributed by atoms with Gasteiger partial charge in [-0.05, 0) is 38.0 Å². The number of carbonyl (C=O) groups is 1. The molecule has 0 unspecified atom stereocenters. The van der Waals surface area contributed by atoms with E-state index >= 15 is 0 Å². The van der Waals surface area contributed by atoms with Gasteiger partial charge < -0.3 is 14.3 Å². The van der Waals surface area contributed by atoms with Crippen LogP contribution >= 0.6 is 11.8 Å². The van der Waals surface area contributed by atoms with Crippen LogP contribution in [-0.2, 0) is 11.2 Å². The lowest BCUT2D eigenvalue weighted by atomic mass is 10.1. The Kier molecular flexibility index (Phi) is 4.39. The van der Waals surface area contributed by atoms with Crippen molar-refractivity contribution in [2.75, 3.05) is 4.90 Å². The summed E-state index contributed by atoms with van der Waals surface area (Å²) in [5, 5.41) is 9.43. The number of para-hydroxylation sites is 2. The quantitative estimate of drug-likeness (QED) is 0.500. The molecule has 2 atom stereocenters. The predicted octanol–water partition coefficient (Wildman–Crippen LogP) is 4.68. The van der Waals surface area contributed by atoms with Gasteiger partial charge in [0.25, 0.3) is 11.1 Å². The van der Waals surface area contributed by atoms with Gasteiger partial charge >= 0.3 is 0 Å². The van der Waals surface area contributed by atoms with Crippen LogP contribution in [0.2, 0.25) is 0 Å². The van der Waals surface area contributed by atoms with Crippen molar-refractivity contribution in [3.8, 4) is 11.5 Å². The van der Waals surface area contributed by atoms with E-state index < -0.39 is 0 Å². The summed E-state index contributed by atoms with van der Waals surface area (Å²) in [6, 6.07) is 16.2. The molecule has 1 aliphatic rings. The lowest BCUT2D eigenvalue weighted by Gasteiger charge is -2.25. The van der Waals surface area contributed by atoms with Crippen molar-refractivity contribution in [2.45, 2.75) is 36.8 Å². The molecule has 0 fully saturated rings. The molecule has 29 heavy (non-hydrogen) atoms. The van der Waals surface area contributed by atoms with E-state index in [9.17, 15) is 4.79 Å². The molecule has 2 aromatic heterocycles. The zero-order valence-corrected chi connectivity index (χ0v) is 16.9. The van der Waals surface area contributed by atoms with Crippen molar-refractivity contribution in [1.29, 1.82) is 0 Å². The fourth-order valence-corrected chi connectivity index (χ4v) is 4.65. The van der Waals surface area contributed by atoms with Gasteiger partial charge in [0, 0.05) is 28.8 Å². The van der Waals surface area contributed by atoms with Crippen LogP contribution in [0, 0.1) is 0 Å². The third-order valence-electron chi connectivity index (χ3n) is 5.30. The van der Waals surface area contributed by atoms with Crippen molar-refractivity contribution in [2.24, 2.45) is 0 Å². The number of fused-ring (bicyclic) bond motifs is 2. The highest BCUT2D eigenvalue weighted by molar-refractivity contribution is 8.00. The summed E-state index contributed by atoms with van der Waals surface area (Å²) < 4.78 is 5.87.